The number of carbonyl (C=O) groups is 1. The zero-order chi connectivity index (χ0) is 11.4. The number of hydrogen-bond donors (Lipinski definition) is 2. The maximum atomic E-state index is 12.0. The van der Waals surface area contributed by atoms with Gasteiger partial charge in [0.2, 0.25) is 5.91 Å². The Labute approximate surface area is 111 Å². The Morgan fingerprint density at radius 2 is 1.82 bits per heavy atom. The van der Waals surface area contributed by atoms with Crippen molar-refractivity contribution in [2.45, 2.75) is 64.0 Å². The lowest BCUT2D eigenvalue weighted by molar-refractivity contribution is -0.125. The van der Waals surface area contributed by atoms with Crippen LogP contribution in [0.4, 0.5) is 0 Å². The van der Waals surface area contributed by atoms with Crippen molar-refractivity contribution in [2.24, 2.45) is 5.92 Å². The van der Waals surface area contributed by atoms with Gasteiger partial charge in [0.15, 0.2) is 0 Å². The zero-order valence-corrected chi connectivity index (χ0v) is 11.5. The molecule has 17 heavy (non-hydrogen) atoms. The number of carbonyl (C=O) groups excluding carboxylic acids is 1. The first kappa shape index (κ1) is 14.8. The third-order valence-corrected chi connectivity index (χ3v) is 4.07. The fourth-order valence-corrected chi connectivity index (χ4v) is 2.89. The highest BCUT2D eigenvalue weighted by Crippen LogP contribution is 2.23. The van der Waals surface area contributed by atoms with Crippen LogP contribution in [-0.2, 0) is 4.79 Å². The lowest BCUT2D eigenvalue weighted by Crippen LogP contribution is -2.51. The molecule has 1 saturated carbocycles. The van der Waals surface area contributed by atoms with E-state index in [2.05, 4.69) is 17.6 Å². The summed E-state index contributed by atoms with van der Waals surface area (Å²) in [7, 11) is 0. The molecule has 0 radical (unpaired) electrons. The Morgan fingerprint density at radius 3 is 2.47 bits per heavy atom. The van der Waals surface area contributed by atoms with E-state index in [0.29, 0.717) is 12.0 Å². The van der Waals surface area contributed by atoms with E-state index in [-0.39, 0.29) is 24.4 Å². The van der Waals surface area contributed by atoms with Crippen molar-refractivity contribution in [3.63, 3.8) is 0 Å². The van der Waals surface area contributed by atoms with Gasteiger partial charge < -0.3 is 10.6 Å². The van der Waals surface area contributed by atoms with Crippen LogP contribution in [0.3, 0.4) is 0 Å². The second-order valence-electron chi connectivity index (χ2n) is 5.38. The molecule has 1 aliphatic heterocycles. The molecule has 4 heteroatoms. The van der Waals surface area contributed by atoms with Crippen molar-refractivity contribution in [1.82, 2.24) is 10.6 Å². The molecule has 0 aromatic heterocycles. The highest BCUT2D eigenvalue weighted by molar-refractivity contribution is 5.85. The minimum atomic E-state index is 0. The van der Waals surface area contributed by atoms with Gasteiger partial charge in [0.05, 0.1) is 6.04 Å². The standard InChI is InChI=1S/C13H24N2O.ClH/c1-10-6-2-3-7-11(10)15-13(16)12-8-4-5-9-14-12;/h10-12,14H,2-9H2,1H3,(H,15,16);1H/t10?,11?,12-;/m0./s1. The quantitative estimate of drug-likeness (QED) is 0.800. The van der Waals surface area contributed by atoms with Gasteiger partial charge in [-0.3, -0.25) is 4.79 Å². The zero-order valence-electron chi connectivity index (χ0n) is 10.7. The summed E-state index contributed by atoms with van der Waals surface area (Å²) in [6.45, 7) is 3.26. The minimum Gasteiger partial charge on any atom is -0.352 e. The number of piperidine rings is 1. The van der Waals surface area contributed by atoms with Crippen LogP contribution in [0.1, 0.15) is 51.9 Å². The second kappa shape index (κ2) is 7.22. The molecule has 0 spiro atoms. The first-order valence-corrected chi connectivity index (χ1v) is 6.81. The van der Waals surface area contributed by atoms with E-state index >= 15 is 0 Å². The summed E-state index contributed by atoms with van der Waals surface area (Å²) in [5.41, 5.74) is 0. The summed E-state index contributed by atoms with van der Waals surface area (Å²) < 4.78 is 0. The summed E-state index contributed by atoms with van der Waals surface area (Å²) in [5, 5.41) is 6.55. The third-order valence-electron chi connectivity index (χ3n) is 4.07. The van der Waals surface area contributed by atoms with Crippen LogP contribution in [0.2, 0.25) is 0 Å². The minimum absolute atomic E-state index is 0. The van der Waals surface area contributed by atoms with Crippen LogP contribution in [-0.4, -0.2) is 24.5 Å². The second-order valence-corrected chi connectivity index (χ2v) is 5.38. The molecule has 1 saturated heterocycles. The topological polar surface area (TPSA) is 41.1 Å². The van der Waals surface area contributed by atoms with Gasteiger partial charge in [0.1, 0.15) is 0 Å². The van der Waals surface area contributed by atoms with Gasteiger partial charge in [0, 0.05) is 6.04 Å². The largest absolute Gasteiger partial charge is 0.352 e. The summed E-state index contributed by atoms with van der Waals surface area (Å²) in [5.74, 6) is 0.889. The Morgan fingerprint density at radius 1 is 1.12 bits per heavy atom. The predicted octanol–water partition coefficient (Wildman–Crippen LogP) is 2.25. The number of nitrogens with one attached hydrogen (secondary N) is 2. The van der Waals surface area contributed by atoms with Gasteiger partial charge in [-0.2, -0.15) is 0 Å². The maximum absolute atomic E-state index is 12.0. The molecule has 0 aromatic rings. The normalized spacial score (nSPS) is 33.6. The molecular weight excluding hydrogens is 236 g/mol. The Bertz CT molecular complexity index is 242. The van der Waals surface area contributed by atoms with Crippen molar-refractivity contribution in [3.8, 4) is 0 Å². The van der Waals surface area contributed by atoms with Crippen LogP contribution >= 0.6 is 12.4 Å². The monoisotopic (exact) mass is 260 g/mol. The molecule has 2 fully saturated rings. The van der Waals surface area contributed by atoms with Crippen molar-refractivity contribution in [2.75, 3.05) is 6.54 Å². The lowest BCUT2D eigenvalue weighted by Gasteiger charge is -2.32. The predicted molar refractivity (Wildman–Crippen MR) is 72.5 cm³/mol. The van der Waals surface area contributed by atoms with E-state index in [4.69, 9.17) is 0 Å². The van der Waals surface area contributed by atoms with Crippen LogP contribution in [0.5, 0.6) is 0 Å². The highest BCUT2D eigenvalue weighted by Gasteiger charge is 2.26. The summed E-state index contributed by atoms with van der Waals surface area (Å²) in [4.78, 5) is 12.0. The molecule has 1 amide bonds. The molecule has 3 nitrogen and oxygen atoms in total. The summed E-state index contributed by atoms with van der Waals surface area (Å²) in [6.07, 6.45) is 8.44. The molecule has 1 aliphatic carbocycles. The summed E-state index contributed by atoms with van der Waals surface area (Å²) >= 11 is 0. The third kappa shape index (κ3) is 4.14. The number of hydrogen-bond acceptors (Lipinski definition) is 2. The van der Waals surface area contributed by atoms with E-state index in [1.807, 2.05) is 0 Å². The molecule has 2 rings (SSSR count). The van der Waals surface area contributed by atoms with Gasteiger partial charge in [-0.25, -0.2) is 0 Å². The van der Waals surface area contributed by atoms with Crippen LogP contribution < -0.4 is 10.6 Å². The van der Waals surface area contributed by atoms with Crippen molar-refractivity contribution < 1.29 is 4.79 Å². The van der Waals surface area contributed by atoms with Gasteiger partial charge in [0.25, 0.3) is 0 Å². The molecule has 0 aromatic carbocycles. The van der Waals surface area contributed by atoms with Crippen molar-refractivity contribution >= 4 is 18.3 Å². The molecule has 3 atom stereocenters. The van der Waals surface area contributed by atoms with Gasteiger partial charge in [-0.05, 0) is 38.1 Å². The van der Waals surface area contributed by atoms with Crippen LogP contribution in [0, 0.1) is 5.92 Å². The van der Waals surface area contributed by atoms with Crippen LogP contribution in [0.25, 0.3) is 0 Å². The van der Waals surface area contributed by atoms with E-state index in [9.17, 15) is 4.79 Å². The van der Waals surface area contributed by atoms with Gasteiger partial charge >= 0.3 is 0 Å². The molecular formula is C13H25ClN2O. The Kier molecular flexibility index (Phi) is 6.28. The molecule has 1 heterocycles. The van der Waals surface area contributed by atoms with Gasteiger partial charge in [-0.15, -0.1) is 12.4 Å². The smallest absolute Gasteiger partial charge is 0.237 e. The lowest BCUT2D eigenvalue weighted by atomic mass is 9.85. The maximum Gasteiger partial charge on any atom is 0.237 e. The molecule has 100 valence electrons. The Balaban J connectivity index is 0.00000144. The van der Waals surface area contributed by atoms with E-state index in [0.717, 1.165) is 13.0 Å². The van der Waals surface area contributed by atoms with E-state index in [1.54, 1.807) is 0 Å². The molecule has 2 N–H and O–H groups in total. The summed E-state index contributed by atoms with van der Waals surface area (Å²) in [6, 6.07) is 0.493. The molecule has 0 bridgehead atoms. The number of halogens is 1. The van der Waals surface area contributed by atoms with Gasteiger partial charge in [-0.1, -0.05) is 26.2 Å². The van der Waals surface area contributed by atoms with E-state index < -0.39 is 0 Å². The van der Waals surface area contributed by atoms with Crippen LogP contribution in [0.15, 0.2) is 0 Å². The first-order chi connectivity index (χ1) is 7.77. The number of amides is 1. The van der Waals surface area contributed by atoms with E-state index in [1.165, 1.54) is 38.5 Å². The fraction of sp³-hybridized carbons (Fsp3) is 0.923. The van der Waals surface area contributed by atoms with Crippen molar-refractivity contribution in [1.29, 1.82) is 0 Å². The first-order valence-electron chi connectivity index (χ1n) is 6.81. The number of rotatable bonds is 2. The SMILES string of the molecule is CC1CCCCC1NC(=O)[C@@H]1CCCCN1.Cl. The fourth-order valence-electron chi connectivity index (χ4n) is 2.89. The molecule has 2 unspecified atom stereocenters. The van der Waals surface area contributed by atoms with Crippen molar-refractivity contribution in [3.05, 3.63) is 0 Å². The highest BCUT2D eigenvalue weighted by atomic mass is 35.5. The average molecular weight is 261 g/mol. The molecule has 2 aliphatic rings. The average Bonchev–Trinajstić information content (AvgIpc) is 2.33. The Hall–Kier alpha value is -0.280.